The average molecular weight is 365 g/mol. The third-order valence-electron chi connectivity index (χ3n) is 4.43. The van der Waals surface area contributed by atoms with E-state index < -0.39 is 17.8 Å². The molecule has 0 spiro atoms. The highest BCUT2D eigenvalue weighted by Crippen LogP contribution is 2.43. The van der Waals surface area contributed by atoms with Gasteiger partial charge >= 0.3 is 5.97 Å². The summed E-state index contributed by atoms with van der Waals surface area (Å²) in [6.07, 6.45) is 0. The number of fused-ring (bicyclic) bond motifs is 1. The molecule has 0 aliphatic carbocycles. The summed E-state index contributed by atoms with van der Waals surface area (Å²) >= 11 is 0. The maximum Gasteiger partial charge on any atom is 0.337 e. The van der Waals surface area contributed by atoms with E-state index in [2.05, 4.69) is 0 Å². The van der Waals surface area contributed by atoms with Gasteiger partial charge in [0, 0.05) is 18.1 Å². The van der Waals surface area contributed by atoms with E-state index in [1.807, 2.05) is 30.3 Å². The highest BCUT2D eigenvalue weighted by molar-refractivity contribution is 6.43. The SMILES string of the molecule is COC(=O)c1cc(C)c2c(c1)N(C(C)=O)C(=O)/C2=C(\OC)c1ccccc1. The molecule has 1 heterocycles. The zero-order valence-electron chi connectivity index (χ0n) is 15.5. The third-order valence-corrected chi connectivity index (χ3v) is 4.43. The molecule has 1 aliphatic rings. The molecule has 27 heavy (non-hydrogen) atoms. The lowest BCUT2D eigenvalue weighted by molar-refractivity contribution is -0.122. The third kappa shape index (κ3) is 2.99. The predicted octanol–water partition coefficient (Wildman–Crippen LogP) is 3.19. The van der Waals surface area contributed by atoms with Crippen LogP contribution in [0.2, 0.25) is 0 Å². The summed E-state index contributed by atoms with van der Waals surface area (Å²) in [5.74, 6) is -1.09. The number of methoxy groups -OCH3 is 2. The van der Waals surface area contributed by atoms with Gasteiger partial charge in [-0.05, 0) is 24.6 Å². The highest BCUT2D eigenvalue weighted by atomic mass is 16.5. The van der Waals surface area contributed by atoms with E-state index in [9.17, 15) is 14.4 Å². The Morgan fingerprint density at radius 2 is 1.63 bits per heavy atom. The number of hydrogen-bond acceptors (Lipinski definition) is 5. The van der Waals surface area contributed by atoms with Gasteiger partial charge in [0.1, 0.15) is 5.76 Å². The first-order valence-corrected chi connectivity index (χ1v) is 8.32. The number of benzene rings is 2. The largest absolute Gasteiger partial charge is 0.495 e. The van der Waals surface area contributed by atoms with Gasteiger partial charge in [0.05, 0.1) is 31.0 Å². The molecule has 0 atom stereocenters. The Morgan fingerprint density at radius 1 is 0.963 bits per heavy atom. The number of rotatable bonds is 3. The minimum absolute atomic E-state index is 0.271. The Bertz CT molecular complexity index is 976. The van der Waals surface area contributed by atoms with Gasteiger partial charge in [0.25, 0.3) is 5.91 Å². The molecule has 6 nitrogen and oxygen atoms in total. The number of carbonyl (C=O) groups is 3. The Labute approximate surface area is 157 Å². The Hall–Kier alpha value is -3.41. The number of hydrogen-bond donors (Lipinski definition) is 0. The normalized spacial score (nSPS) is 14.7. The second-order valence-corrected chi connectivity index (χ2v) is 6.11. The van der Waals surface area contributed by atoms with E-state index in [1.54, 1.807) is 13.0 Å². The van der Waals surface area contributed by atoms with Gasteiger partial charge in [-0.25, -0.2) is 9.69 Å². The maximum absolute atomic E-state index is 13.1. The summed E-state index contributed by atoms with van der Waals surface area (Å²) < 4.78 is 10.3. The summed E-state index contributed by atoms with van der Waals surface area (Å²) in [5, 5.41) is 0. The van der Waals surface area contributed by atoms with E-state index >= 15 is 0 Å². The Morgan fingerprint density at radius 3 is 2.19 bits per heavy atom. The number of imide groups is 1. The summed E-state index contributed by atoms with van der Waals surface area (Å²) in [4.78, 5) is 38.4. The number of anilines is 1. The van der Waals surface area contributed by atoms with Crippen molar-refractivity contribution in [2.24, 2.45) is 0 Å². The minimum Gasteiger partial charge on any atom is -0.495 e. The molecule has 3 rings (SSSR count). The smallest absolute Gasteiger partial charge is 0.337 e. The van der Waals surface area contributed by atoms with Gasteiger partial charge in [-0.2, -0.15) is 0 Å². The van der Waals surface area contributed by atoms with Crippen molar-refractivity contribution in [3.8, 4) is 0 Å². The molecular weight excluding hydrogens is 346 g/mol. The van der Waals surface area contributed by atoms with Crippen molar-refractivity contribution in [3.63, 3.8) is 0 Å². The summed E-state index contributed by atoms with van der Waals surface area (Å²) in [7, 11) is 2.76. The van der Waals surface area contributed by atoms with Gasteiger partial charge in [-0.1, -0.05) is 30.3 Å². The first kappa shape index (κ1) is 18.4. The molecule has 2 aromatic rings. The number of carbonyl (C=O) groups excluding carboxylic acids is 3. The second kappa shape index (κ2) is 7.07. The molecule has 0 saturated heterocycles. The van der Waals surface area contributed by atoms with Crippen molar-refractivity contribution in [2.75, 3.05) is 19.1 Å². The van der Waals surface area contributed by atoms with Crippen LogP contribution >= 0.6 is 0 Å². The van der Waals surface area contributed by atoms with Gasteiger partial charge in [0.15, 0.2) is 0 Å². The first-order chi connectivity index (χ1) is 12.9. The molecule has 0 fully saturated rings. The van der Waals surface area contributed by atoms with Crippen LogP contribution in [-0.4, -0.2) is 32.0 Å². The zero-order chi connectivity index (χ0) is 19.7. The van der Waals surface area contributed by atoms with Crippen LogP contribution in [0.25, 0.3) is 11.3 Å². The zero-order valence-corrected chi connectivity index (χ0v) is 15.5. The van der Waals surface area contributed by atoms with E-state index in [1.165, 1.54) is 27.2 Å². The van der Waals surface area contributed by atoms with E-state index in [4.69, 9.17) is 9.47 Å². The summed E-state index contributed by atoms with van der Waals surface area (Å²) in [6.45, 7) is 3.08. The molecule has 0 bridgehead atoms. The molecule has 6 heteroatoms. The van der Waals surface area contributed by atoms with Crippen LogP contribution in [0.5, 0.6) is 0 Å². The van der Waals surface area contributed by atoms with Crippen molar-refractivity contribution >= 4 is 34.8 Å². The van der Waals surface area contributed by atoms with Crippen molar-refractivity contribution in [1.29, 1.82) is 0 Å². The number of esters is 1. The monoisotopic (exact) mass is 365 g/mol. The summed E-state index contributed by atoms with van der Waals surface area (Å²) in [6, 6.07) is 12.3. The number of amides is 2. The average Bonchev–Trinajstić information content (AvgIpc) is 2.95. The quantitative estimate of drug-likeness (QED) is 0.474. The molecule has 0 N–H and O–H groups in total. The van der Waals surface area contributed by atoms with Crippen LogP contribution in [0, 0.1) is 6.92 Å². The van der Waals surface area contributed by atoms with Gasteiger partial charge in [-0.3, -0.25) is 9.59 Å². The number of ether oxygens (including phenoxy) is 2. The molecule has 0 unspecified atom stereocenters. The fourth-order valence-electron chi connectivity index (χ4n) is 3.31. The van der Waals surface area contributed by atoms with E-state index in [0.717, 1.165) is 10.5 Å². The van der Waals surface area contributed by atoms with Gasteiger partial charge in [-0.15, -0.1) is 0 Å². The molecule has 0 aromatic heterocycles. The highest BCUT2D eigenvalue weighted by Gasteiger charge is 2.40. The molecule has 2 amide bonds. The molecule has 0 radical (unpaired) electrons. The second-order valence-electron chi connectivity index (χ2n) is 6.11. The van der Waals surface area contributed by atoms with E-state index in [0.29, 0.717) is 28.1 Å². The predicted molar refractivity (Wildman–Crippen MR) is 101 cm³/mol. The van der Waals surface area contributed by atoms with Gasteiger partial charge < -0.3 is 9.47 Å². The molecule has 2 aromatic carbocycles. The molecule has 0 saturated carbocycles. The first-order valence-electron chi connectivity index (χ1n) is 8.32. The summed E-state index contributed by atoms with van der Waals surface area (Å²) in [5.41, 5.74) is 2.88. The van der Waals surface area contributed by atoms with Crippen LogP contribution in [0.4, 0.5) is 5.69 Å². The lowest BCUT2D eigenvalue weighted by atomic mass is 9.96. The molecular formula is C21H19NO5. The van der Waals surface area contributed by atoms with Crippen LogP contribution in [0.15, 0.2) is 42.5 Å². The standard InChI is InChI=1S/C21H19NO5/c1-12-10-15(21(25)27-4)11-16-17(12)18(20(24)22(16)13(2)23)19(26-3)14-8-6-5-7-9-14/h5-11H,1-4H3/b19-18-. The molecule has 138 valence electrons. The fourth-order valence-corrected chi connectivity index (χ4v) is 3.31. The van der Waals surface area contributed by atoms with E-state index in [-0.39, 0.29) is 5.56 Å². The maximum atomic E-state index is 13.1. The number of nitrogens with zero attached hydrogens (tertiary/aromatic N) is 1. The van der Waals surface area contributed by atoms with Crippen LogP contribution in [0.3, 0.4) is 0 Å². The molecule has 1 aliphatic heterocycles. The fraction of sp³-hybridized carbons (Fsp3) is 0.190. The lowest BCUT2D eigenvalue weighted by Crippen LogP contribution is -2.31. The van der Waals surface area contributed by atoms with Crippen molar-refractivity contribution in [2.45, 2.75) is 13.8 Å². The Kier molecular flexibility index (Phi) is 4.81. The topological polar surface area (TPSA) is 72.9 Å². The van der Waals surface area contributed by atoms with Crippen LogP contribution < -0.4 is 4.90 Å². The van der Waals surface area contributed by atoms with Crippen molar-refractivity contribution in [3.05, 3.63) is 64.7 Å². The lowest BCUT2D eigenvalue weighted by Gasteiger charge is -2.13. The minimum atomic E-state index is -0.538. The Balaban J connectivity index is 2.35. The van der Waals surface area contributed by atoms with Gasteiger partial charge in [0.2, 0.25) is 5.91 Å². The van der Waals surface area contributed by atoms with Crippen molar-refractivity contribution in [1.82, 2.24) is 0 Å². The number of aryl methyl sites for hydroxylation is 1. The van der Waals surface area contributed by atoms with Crippen LogP contribution in [0.1, 0.15) is 34.0 Å². The van der Waals surface area contributed by atoms with Crippen LogP contribution in [-0.2, 0) is 19.1 Å². The van der Waals surface area contributed by atoms with Crippen molar-refractivity contribution < 1.29 is 23.9 Å².